The van der Waals surface area contributed by atoms with Crippen LogP contribution >= 0.6 is 0 Å². The van der Waals surface area contributed by atoms with Gasteiger partial charge in [0.25, 0.3) is 0 Å². The number of fused-ring (bicyclic) bond motifs is 1. The van der Waals surface area contributed by atoms with Crippen molar-refractivity contribution in [1.82, 2.24) is 10.3 Å². The molecule has 0 bridgehead atoms. The molecule has 1 aromatic heterocycles. The minimum absolute atomic E-state index is 0.0417. The second-order valence-corrected chi connectivity index (χ2v) is 4.69. The smallest absolute Gasteiger partial charge is 0.220 e. The van der Waals surface area contributed by atoms with E-state index < -0.39 is 5.91 Å². The lowest BCUT2D eigenvalue weighted by Crippen LogP contribution is -2.28. The van der Waals surface area contributed by atoms with Gasteiger partial charge in [0, 0.05) is 19.4 Å². The molecule has 0 aliphatic heterocycles. The summed E-state index contributed by atoms with van der Waals surface area (Å²) in [5.41, 5.74) is 6.52. The molecular formula is C14H17N3O3. The van der Waals surface area contributed by atoms with Crippen molar-refractivity contribution in [3.8, 4) is 0 Å². The zero-order valence-corrected chi connectivity index (χ0v) is 11.3. The molecule has 1 heterocycles. The van der Waals surface area contributed by atoms with Gasteiger partial charge in [0.05, 0.1) is 5.92 Å². The Kier molecular flexibility index (Phi) is 4.34. The van der Waals surface area contributed by atoms with Gasteiger partial charge in [-0.2, -0.15) is 0 Å². The molecule has 2 amide bonds. The Morgan fingerprint density at radius 1 is 1.35 bits per heavy atom. The molecule has 2 aromatic rings. The number of rotatable bonds is 6. The van der Waals surface area contributed by atoms with Gasteiger partial charge < -0.3 is 15.5 Å². The standard InChI is InChI=1S/C14H17N3O3/c1-9(8-16-13(19)7-6-12(15)18)14-17-10-4-2-3-5-11(10)20-14/h2-5,9H,6-8H2,1H3,(H2,15,18)(H,16,19). The van der Waals surface area contributed by atoms with Crippen molar-refractivity contribution < 1.29 is 14.0 Å². The molecule has 6 heteroatoms. The molecule has 0 saturated carbocycles. The Bertz CT molecular complexity index is 588. The molecule has 0 aliphatic rings. The Balaban J connectivity index is 1.89. The number of amides is 2. The number of hydrogen-bond donors (Lipinski definition) is 2. The monoisotopic (exact) mass is 275 g/mol. The molecular weight excluding hydrogens is 258 g/mol. The average Bonchev–Trinajstić information content (AvgIpc) is 2.86. The molecule has 0 fully saturated rings. The summed E-state index contributed by atoms with van der Waals surface area (Å²) in [6, 6.07) is 7.50. The van der Waals surface area contributed by atoms with Gasteiger partial charge in [-0.15, -0.1) is 0 Å². The number of oxazole rings is 1. The predicted molar refractivity (Wildman–Crippen MR) is 73.9 cm³/mol. The van der Waals surface area contributed by atoms with E-state index in [0.29, 0.717) is 12.4 Å². The van der Waals surface area contributed by atoms with E-state index in [0.717, 1.165) is 11.1 Å². The molecule has 1 aromatic carbocycles. The van der Waals surface area contributed by atoms with Crippen LogP contribution in [0.15, 0.2) is 28.7 Å². The maximum absolute atomic E-state index is 11.5. The Hall–Kier alpha value is -2.37. The summed E-state index contributed by atoms with van der Waals surface area (Å²) in [6.07, 6.45) is 0.165. The number of nitrogens with zero attached hydrogens (tertiary/aromatic N) is 1. The van der Waals surface area contributed by atoms with Crippen LogP contribution in [0.5, 0.6) is 0 Å². The first-order valence-corrected chi connectivity index (χ1v) is 6.46. The minimum atomic E-state index is -0.479. The fraction of sp³-hybridized carbons (Fsp3) is 0.357. The third kappa shape index (κ3) is 3.57. The average molecular weight is 275 g/mol. The second kappa shape index (κ2) is 6.18. The molecule has 0 radical (unpaired) electrons. The fourth-order valence-corrected chi connectivity index (χ4v) is 1.78. The van der Waals surface area contributed by atoms with E-state index in [9.17, 15) is 9.59 Å². The number of benzene rings is 1. The molecule has 0 spiro atoms. The van der Waals surface area contributed by atoms with Gasteiger partial charge in [-0.25, -0.2) is 4.98 Å². The summed E-state index contributed by atoms with van der Waals surface area (Å²) >= 11 is 0. The van der Waals surface area contributed by atoms with Gasteiger partial charge in [0.15, 0.2) is 11.5 Å². The molecule has 1 unspecified atom stereocenters. The third-order valence-electron chi connectivity index (χ3n) is 2.94. The molecule has 0 saturated heterocycles. The highest BCUT2D eigenvalue weighted by molar-refractivity contribution is 5.82. The lowest BCUT2D eigenvalue weighted by atomic mass is 10.2. The summed E-state index contributed by atoms with van der Waals surface area (Å²) < 4.78 is 5.62. The molecule has 1 atom stereocenters. The normalized spacial score (nSPS) is 12.2. The van der Waals surface area contributed by atoms with E-state index in [1.54, 1.807) is 0 Å². The predicted octanol–water partition coefficient (Wildman–Crippen LogP) is 1.31. The molecule has 2 rings (SSSR count). The van der Waals surface area contributed by atoms with Crippen molar-refractivity contribution in [1.29, 1.82) is 0 Å². The van der Waals surface area contributed by atoms with Crippen molar-refractivity contribution in [2.75, 3.05) is 6.54 Å². The second-order valence-electron chi connectivity index (χ2n) is 4.69. The number of aromatic nitrogens is 1. The Morgan fingerprint density at radius 2 is 2.10 bits per heavy atom. The van der Waals surface area contributed by atoms with Crippen LogP contribution in [0.1, 0.15) is 31.6 Å². The van der Waals surface area contributed by atoms with Crippen LogP contribution in [-0.2, 0) is 9.59 Å². The lowest BCUT2D eigenvalue weighted by Gasteiger charge is -2.08. The van der Waals surface area contributed by atoms with Gasteiger partial charge in [-0.3, -0.25) is 9.59 Å². The quantitative estimate of drug-likeness (QED) is 0.830. The minimum Gasteiger partial charge on any atom is -0.440 e. The van der Waals surface area contributed by atoms with Gasteiger partial charge in [0.1, 0.15) is 5.52 Å². The van der Waals surface area contributed by atoms with Crippen molar-refractivity contribution in [2.24, 2.45) is 5.73 Å². The highest BCUT2D eigenvalue weighted by Gasteiger charge is 2.14. The third-order valence-corrected chi connectivity index (χ3v) is 2.94. The van der Waals surface area contributed by atoms with E-state index in [-0.39, 0.29) is 24.7 Å². The summed E-state index contributed by atoms with van der Waals surface area (Å²) in [7, 11) is 0. The van der Waals surface area contributed by atoms with E-state index in [2.05, 4.69) is 10.3 Å². The van der Waals surface area contributed by atoms with Gasteiger partial charge in [0.2, 0.25) is 11.8 Å². The molecule has 6 nitrogen and oxygen atoms in total. The summed E-state index contributed by atoms with van der Waals surface area (Å²) in [6.45, 7) is 2.32. The fourth-order valence-electron chi connectivity index (χ4n) is 1.78. The van der Waals surface area contributed by atoms with E-state index in [1.165, 1.54) is 0 Å². The lowest BCUT2D eigenvalue weighted by molar-refractivity contribution is -0.125. The van der Waals surface area contributed by atoms with E-state index >= 15 is 0 Å². The van der Waals surface area contributed by atoms with Crippen molar-refractivity contribution >= 4 is 22.9 Å². The van der Waals surface area contributed by atoms with Crippen molar-refractivity contribution in [3.63, 3.8) is 0 Å². The zero-order valence-electron chi connectivity index (χ0n) is 11.3. The summed E-state index contributed by atoms with van der Waals surface area (Å²) in [5.74, 6) is -0.139. The first kappa shape index (κ1) is 14.0. The number of nitrogens with one attached hydrogen (secondary N) is 1. The highest BCUT2D eigenvalue weighted by atomic mass is 16.3. The van der Waals surface area contributed by atoms with Crippen LogP contribution in [-0.4, -0.2) is 23.3 Å². The summed E-state index contributed by atoms with van der Waals surface area (Å²) in [4.78, 5) is 26.4. The molecule has 20 heavy (non-hydrogen) atoms. The van der Waals surface area contributed by atoms with Gasteiger partial charge in [-0.1, -0.05) is 19.1 Å². The Morgan fingerprint density at radius 3 is 2.80 bits per heavy atom. The zero-order chi connectivity index (χ0) is 14.5. The van der Waals surface area contributed by atoms with Crippen LogP contribution in [0.25, 0.3) is 11.1 Å². The van der Waals surface area contributed by atoms with Gasteiger partial charge >= 0.3 is 0 Å². The topological polar surface area (TPSA) is 98.2 Å². The van der Waals surface area contributed by atoms with Crippen LogP contribution in [0.3, 0.4) is 0 Å². The van der Waals surface area contributed by atoms with Crippen molar-refractivity contribution in [2.45, 2.75) is 25.7 Å². The first-order chi connectivity index (χ1) is 9.56. The van der Waals surface area contributed by atoms with Crippen LogP contribution in [0.4, 0.5) is 0 Å². The number of nitrogens with two attached hydrogens (primary N) is 1. The molecule has 0 aliphatic carbocycles. The maximum atomic E-state index is 11.5. The maximum Gasteiger partial charge on any atom is 0.220 e. The number of para-hydroxylation sites is 2. The van der Waals surface area contributed by atoms with Crippen molar-refractivity contribution in [3.05, 3.63) is 30.2 Å². The number of carbonyl (C=O) groups excluding carboxylic acids is 2. The Labute approximate surface area is 116 Å². The van der Waals surface area contributed by atoms with Crippen LogP contribution in [0, 0.1) is 0 Å². The molecule has 106 valence electrons. The van der Waals surface area contributed by atoms with Gasteiger partial charge in [-0.05, 0) is 12.1 Å². The van der Waals surface area contributed by atoms with Crippen LogP contribution in [0.2, 0.25) is 0 Å². The first-order valence-electron chi connectivity index (χ1n) is 6.46. The number of carbonyl (C=O) groups is 2. The number of primary amides is 1. The largest absolute Gasteiger partial charge is 0.440 e. The molecule has 3 N–H and O–H groups in total. The SMILES string of the molecule is CC(CNC(=O)CCC(N)=O)c1nc2ccccc2o1. The van der Waals surface area contributed by atoms with E-state index in [4.69, 9.17) is 10.2 Å². The summed E-state index contributed by atoms with van der Waals surface area (Å²) in [5, 5.41) is 2.73. The number of hydrogen-bond acceptors (Lipinski definition) is 4. The highest BCUT2D eigenvalue weighted by Crippen LogP contribution is 2.20. The van der Waals surface area contributed by atoms with Crippen LogP contribution < -0.4 is 11.1 Å². The van der Waals surface area contributed by atoms with E-state index in [1.807, 2.05) is 31.2 Å².